The van der Waals surface area contributed by atoms with Crippen LogP contribution >= 0.6 is 15.9 Å². The summed E-state index contributed by atoms with van der Waals surface area (Å²) in [5, 5.41) is 3.02. The number of hydrogen-bond donors (Lipinski definition) is 2. The maximum Gasteiger partial charge on any atom is 0.240 e. The van der Waals surface area contributed by atoms with Crippen LogP contribution in [0.25, 0.3) is 0 Å². The number of rotatable bonds is 6. The molecular weight excluding hydrogens is 380 g/mol. The number of halogens is 1. The molecule has 23 heavy (non-hydrogen) atoms. The molecule has 1 aromatic carbocycles. The molecule has 0 spiro atoms. The minimum atomic E-state index is -3.57. The van der Waals surface area contributed by atoms with Gasteiger partial charge in [-0.25, -0.2) is 13.1 Å². The molecule has 1 amide bonds. The normalized spacial score (nSPS) is 21.8. The number of benzene rings is 1. The van der Waals surface area contributed by atoms with E-state index in [2.05, 4.69) is 32.9 Å². The monoisotopic (exact) mass is 402 g/mol. The Bertz CT molecular complexity index is 631. The van der Waals surface area contributed by atoms with Crippen molar-refractivity contribution in [2.45, 2.75) is 50.0 Å². The van der Waals surface area contributed by atoms with Crippen molar-refractivity contribution >= 4 is 31.9 Å². The summed E-state index contributed by atoms with van der Waals surface area (Å²) in [7, 11) is -3.57. The minimum absolute atomic E-state index is 0.0951. The van der Waals surface area contributed by atoms with E-state index in [4.69, 9.17) is 0 Å². The SMILES string of the molecule is C[C@@H]1CCCC[C@@H]1NC(=O)CCNS(=O)(=O)c1ccc(Br)cc1. The first-order valence-electron chi connectivity index (χ1n) is 7.93. The largest absolute Gasteiger partial charge is 0.353 e. The summed E-state index contributed by atoms with van der Waals surface area (Å²) in [5.41, 5.74) is 0. The van der Waals surface area contributed by atoms with Crippen molar-refractivity contribution in [1.29, 1.82) is 0 Å². The average molecular weight is 403 g/mol. The zero-order chi connectivity index (χ0) is 16.9. The van der Waals surface area contributed by atoms with E-state index >= 15 is 0 Å². The predicted molar refractivity (Wildman–Crippen MR) is 93.5 cm³/mol. The topological polar surface area (TPSA) is 75.3 Å². The lowest BCUT2D eigenvalue weighted by molar-refractivity contribution is -0.122. The summed E-state index contributed by atoms with van der Waals surface area (Å²) in [5.74, 6) is 0.398. The van der Waals surface area contributed by atoms with Gasteiger partial charge in [-0.2, -0.15) is 0 Å². The standard InChI is InChI=1S/C16H23BrN2O3S/c1-12-4-2-3-5-15(12)19-16(20)10-11-18-23(21,22)14-8-6-13(17)7-9-14/h6-9,12,15,18H,2-5,10-11H2,1H3,(H,19,20)/t12-,15+/m1/s1. The van der Waals surface area contributed by atoms with Gasteiger partial charge >= 0.3 is 0 Å². The Labute approximate surface area is 146 Å². The van der Waals surface area contributed by atoms with Crippen LogP contribution in [0.3, 0.4) is 0 Å². The van der Waals surface area contributed by atoms with Crippen LogP contribution < -0.4 is 10.0 Å². The first kappa shape index (κ1) is 18.4. The zero-order valence-corrected chi connectivity index (χ0v) is 15.6. The molecule has 0 radical (unpaired) electrons. The van der Waals surface area contributed by atoms with Gasteiger partial charge in [0.1, 0.15) is 0 Å². The third kappa shape index (κ3) is 5.58. The maximum absolute atomic E-state index is 12.1. The zero-order valence-electron chi connectivity index (χ0n) is 13.2. The summed E-state index contributed by atoms with van der Waals surface area (Å²) >= 11 is 3.27. The molecule has 1 aliphatic rings. The molecule has 1 saturated carbocycles. The number of hydrogen-bond acceptors (Lipinski definition) is 3. The van der Waals surface area contributed by atoms with Crippen molar-refractivity contribution in [3.63, 3.8) is 0 Å². The van der Waals surface area contributed by atoms with E-state index in [9.17, 15) is 13.2 Å². The third-order valence-electron chi connectivity index (χ3n) is 4.23. The molecule has 0 heterocycles. The van der Waals surface area contributed by atoms with E-state index in [1.165, 1.54) is 18.6 Å². The smallest absolute Gasteiger partial charge is 0.240 e. The Morgan fingerprint density at radius 1 is 1.22 bits per heavy atom. The van der Waals surface area contributed by atoms with Gasteiger partial charge in [0.15, 0.2) is 0 Å². The quantitative estimate of drug-likeness (QED) is 0.767. The van der Waals surface area contributed by atoms with E-state index in [0.29, 0.717) is 5.92 Å². The highest BCUT2D eigenvalue weighted by Crippen LogP contribution is 2.23. The predicted octanol–water partition coefficient (Wildman–Crippen LogP) is 2.81. The molecule has 1 fully saturated rings. The molecule has 0 aliphatic heterocycles. The van der Waals surface area contributed by atoms with Crippen LogP contribution in [0.1, 0.15) is 39.0 Å². The highest BCUT2D eigenvalue weighted by atomic mass is 79.9. The number of sulfonamides is 1. The molecule has 7 heteroatoms. The van der Waals surface area contributed by atoms with Crippen molar-refractivity contribution in [3.8, 4) is 0 Å². The van der Waals surface area contributed by atoms with E-state index < -0.39 is 10.0 Å². The third-order valence-corrected chi connectivity index (χ3v) is 6.23. The summed E-state index contributed by atoms with van der Waals surface area (Å²) in [6, 6.07) is 6.61. The molecular formula is C16H23BrN2O3S. The van der Waals surface area contributed by atoms with Gasteiger partial charge in [-0.3, -0.25) is 4.79 Å². The molecule has 5 nitrogen and oxygen atoms in total. The average Bonchev–Trinajstić information content (AvgIpc) is 2.50. The lowest BCUT2D eigenvalue weighted by atomic mass is 9.86. The van der Waals surface area contributed by atoms with Crippen LogP contribution in [0.2, 0.25) is 0 Å². The highest BCUT2D eigenvalue weighted by Gasteiger charge is 2.22. The van der Waals surface area contributed by atoms with Crippen molar-refractivity contribution in [2.75, 3.05) is 6.54 Å². The Morgan fingerprint density at radius 2 is 1.87 bits per heavy atom. The second-order valence-electron chi connectivity index (χ2n) is 6.04. The molecule has 2 atom stereocenters. The van der Waals surface area contributed by atoms with E-state index in [0.717, 1.165) is 23.7 Å². The van der Waals surface area contributed by atoms with Crippen LogP contribution in [0.15, 0.2) is 33.6 Å². The van der Waals surface area contributed by atoms with Crippen molar-refractivity contribution < 1.29 is 13.2 Å². The van der Waals surface area contributed by atoms with E-state index in [1.54, 1.807) is 12.1 Å². The van der Waals surface area contributed by atoms with Gasteiger partial charge in [0.25, 0.3) is 0 Å². The summed E-state index contributed by atoms with van der Waals surface area (Å²) < 4.78 is 27.5. The molecule has 0 saturated heterocycles. The fraction of sp³-hybridized carbons (Fsp3) is 0.562. The molecule has 128 valence electrons. The summed E-state index contributed by atoms with van der Waals surface area (Å²) in [4.78, 5) is 12.2. The first-order valence-corrected chi connectivity index (χ1v) is 10.2. The van der Waals surface area contributed by atoms with Crippen LogP contribution in [0, 0.1) is 5.92 Å². The van der Waals surface area contributed by atoms with Crippen LogP contribution in [0.4, 0.5) is 0 Å². The van der Waals surface area contributed by atoms with Crippen LogP contribution in [-0.2, 0) is 14.8 Å². The molecule has 2 N–H and O–H groups in total. The minimum Gasteiger partial charge on any atom is -0.353 e. The van der Waals surface area contributed by atoms with Crippen LogP contribution in [-0.4, -0.2) is 26.9 Å². The second-order valence-corrected chi connectivity index (χ2v) is 8.72. The lowest BCUT2D eigenvalue weighted by Crippen LogP contribution is -2.42. The first-order chi connectivity index (χ1) is 10.9. The Balaban J connectivity index is 1.79. The van der Waals surface area contributed by atoms with Crippen molar-refractivity contribution in [2.24, 2.45) is 5.92 Å². The van der Waals surface area contributed by atoms with Crippen molar-refractivity contribution in [3.05, 3.63) is 28.7 Å². The summed E-state index contributed by atoms with van der Waals surface area (Å²) in [6.45, 7) is 2.26. The van der Waals surface area contributed by atoms with Gasteiger partial charge in [-0.15, -0.1) is 0 Å². The van der Waals surface area contributed by atoms with Gasteiger partial charge in [0.2, 0.25) is 15.9 Å². The molecule has 0 unspecified atom stereocenters. The molecule has 1 aliphatic carbocycles. The van der Waals surface area contributed by atoms with Crippen molar-refractivity contribution in [1.82, 2.24) is 10.0 Å². The van der Waals surface area contributed by atoms with Crippen LogP contribution in [0.5, 0.6) is 0 Å². The lowest BCUT2D eigenvalue weighted by Gasteiger charge is -2.29. The highest BCUT2D eigenvalue weighted by molar-refractivity contribution is 9.10. The maximum atomic E-state index is 12.1. The molecule has 0 aromatic heterocycles. The molecule has 2 rings (SSSR count). The molecule has 1 aromatic rings. The Hall–Kier alpha value is -0.920. The van der Waals surface area contributed by atoms with Gasteiger partial charge in [-0.1, -0.05) is 35.7 Å². The number of nitrogens with one attached hydrogen (secondary N) is 2. The number of amides is 1. The summed E-state index contributed by atoms with van der Waals surface area (Å²) in [6.07, 6.45) is 4.67. The van der Waals surface area contributed by atoms with Gasteiger partial charge in [-0.05, 0) is 43.0 Å². The second kappa shape index (κ2) is 8.26. The fourth-order valence-corrected chi connectivity index (χ4v) is 4.10. The Morgan fingerprint density at radius 3 is 2.52 bits per heavy atom. The fourth-order valence-electron chi connectivity index (χ4n) is 2.81. The van der Waals surface area contributed by atoms with Gasteiger partial charge in [0, 0.05) is 23.5 Å². The van der Waals surface area contributed by atoms with Gasteiger partial charge in [0.05, 0.1) is 4.90 Å². The Kier molecular flexibility index (Phi) is 6.61. The van der Waals surface area contributed by atoms with E-state index in [-0.39, 0.29) is 29.8 Å². The number of carbonyl (C=O) groups is 1. The number of carbonyl (C=O) groups excluding carboxylic acids is 1. The molecule has 0 bridgehead atoms. The van der Waals surface area contributed by atoms with Gasteiger partial charge < -0.3 is 5.32 Å². The van der Waals surface area contributed by atoms with E-state index in [1.807, 2.05) is 0 Å².